The molecular formula is C9H11ClN2O. The Morgan fingerprint density at radius 1 is 1.62 bits per heavy atom. The topological polar surface area (TPSA) is 46.0 Å². The molecule has 1 fully saturated rings. The number of halogens is 1. The van der Waals surface area contributed by atoms with Gasteiger partial charge in [-0.15, -0.1) is 0 Å². The summed E-state index contributed by atoms with van der Waals surface area (Å²) >= 11 is 5.80. The van der Waals surface area contributed by atoms with Crippen LogP contribution in [0.4, 0.5) is 0 Å². The molecule has 1 aromatic rings. The zero-order valence-electron chi connectivity index (χ0n) is 7.37. The third kappa shape index (κ3) is 1.81. The van der Waals surface area contributed by atoms with Crippen molar-refractivity contribution in [2.45, 2.75) is 19.3 Å². The Bertz CT molecular complexity index is 309. The van der Waals surface area contributed by atoms with E-state index < -0.39 is 0 Å². The Balaban J connectivity index is 2.22. The highest BCUT2D eigenvalue weighted by Crippen LogP contribution is 2.46. The lowest BCUT2D eigenvalue weighted by atomic mass is 10.2. The Kier molecular flexibility index (Phi) is 2.22. The first-order valence-electron chi connectivity index (χ1n) is 4.32. The quantitative estimate of drug-likeness (QED) is 0.734. The maximum absolute atomic E-state index is 8.90. The Labute approximate surface area is 81.8 Å². The predicted molar refractivity (Wildman–Crippen MR) is 49.7 cm³/mol. The lowest BCUT2D eigenvalue weighted by molar-refractivity contribution is 0.273. The number of nitrogens with zero attached hydrogens (tertiary/aromatic N) is 2. The molecule has 0 spiro atoms. The van der Waals surface area contributed by atoms with Gasteiger partial charge in [-0.25, -0.2) is 9.97 Å². The number of hydrogen-bond donors (Lipinski definition) is 1. The number of aryl methyl sites for hydroxylation is 1. The van der Waals surface area contributed by atoms with Crippen LogP contribution in [0, 0.1) is 12.8 Å². The van der Waals surface area contributed by atoms with Crippen LogP contribution in [0.2, 0.25) is 5.15 Å². The molecule has 0 radical (unpaired) electrons. The van der Waals surface area contributed by atoms with Crippen molar-refractivity contribution >= 4 is 11.6 Å². The van der Waals surface area contributed by atoms with Crippen LogP contribution >= 0.6 is 11.6 Å². The monoisotopic (exact) mass is 198 g/mol. The summed E-state index contributed by atoms with van der Waals surface area (Å²) in [7, 11) is 0. The van der Waals surface area contributed by atoms with E-state index in [4.69, 9.17) is 16.7 Å². The van der Waals surface area contributed by atoms with Gasteiger partial charge in [-0.3, -0.25) is 0 Å². The Hall–Kier alpha value is -0.670. The summed E-state index contributed by atoms with van der Waals surface area (Å²) in [5, 5.41) is 9.39. The smallest absolute Gasteiger partial charge is 0.133 e. The summed E-state index contributed by atoms with van der Waals surface area (Å²) in [5.74, 6) is 1.47. The minimum Gasteiger partial charge on any atom is -0.396 e. The molecule has 0 aliphatic heterocycles. The molecule has 0 bridgehead atoms. The molecule has 2 atom stereocenters. The van der Waals surface area contributed by atoms with E-state index in [0.29, 0.717) is 22.8 Å². The van der Waals surface area contributed by atoms with Crippen LogP contribution in [-0.4, -0.2) is 21.7 Å². The van der Waals surface area contributed by atoms with E-state index in [1.165, 1.54) is 0 Å². The molecule has 0 amide bonds. The number of aromatic nitrogens is 2. The molecule has 70 valence electrons. The number of aliphatic hydroxyl groups excluding tert-OH is 1. The molecule has 1 aliphatic carbocycles. The molecule has 2 rings (SSSR count). The maximum atomic E-state index is 8.90. The van der Waals surface area contributed by atoms with E-state index in [-0.39, 0.29) is 6.61 Å². The van der Waals surface area contributed by atoms with Crippen molar-refractivity contribution in [1.29, 1.82) is 0 Å². The second kappa shape index (κ2) is 3.24. The van der Waals surface area contributed by atoms with Crippen molar-refractivity contribution in [2.24, 2.45) is 5.92 Å². The minimum atomic E-state index is 0.241. The third-order valence-electron chi connectivity index (χ3n) is 2.36. The van der Waals surface area contributed by atoms with Crippen molar-refractivity contribution in [1.82, 2.24) is 9.97 Å². The summed E-state index contributed by atoms with van der Waals surface area (Å²) in [6, 6.07) is 1.79. The molecule has 4 heteroatoms. The van der Waals surface area contributed by atoms with Gasteiger partial charge >= 0.3 is 0 Å². The van der Waals surface area contributed by atoms with Gasteiger partial charge in [-0.2, -0.15) is 0 Å². The van der Waals surface area contributed by atoms with Crippen LogP contribution in [-0.2, 0) is 0 Å². The average molecular weight is 199 g/mol. The summed E-state index contributed by atoms with van der Waals surface area (Å²) in [6.45, 7) is 2.07. The van der Waals surface area contributed by atoms with Gasteiger partial charge in [0.1, 0.15) is 11.0 Å². The molecule has 0 aromatic carbocycles. The molecule has 0 unspecified atom stereocenters. The zero-order valence-corrected chi connectivity index (χ0v) is 8.12. The second-order valence-corrected chi connectivity index (χ2v) is 3.83. The van der Waals surface area contributed by atoms with Gasteiger partial charge in [-0.05, 0) is 25.3 Å². The van der Waals surface area contributed by atoms with Gasteiger partial charge in [-0.1, -0.05) is 11.6 Å². The summed E-state index contributed by atoms with van der Waals surface area (Å²) < 4.78 is 0. The lowest BCUT2D eigenvalue weighted by Crippen LogP contribution is -1.96. The molecule has 3 nitrogen and oxygen atoms in total. The largest absolute Gasteiger partial charge is 0.396 e. The van der Waals surface area contributed by atoms with Gasteiger partial charge in [0.15, 0.2) is 0 Å². The molecule has 1 saturated carbocycles. The van der Waals surface area contributed by atoms with E-state index in [2.05, 4.69) is 9.97 Å². The van der Waals surface area contributed by atoms with Crippen molar-refractivity contribution in [3.8, 4) is 0 Å². The lowest BCUT2D eigenvalue weighted by Gasteiger charge is -2.00. The normalized spacial score (nSPS) is 26.1. The molecule has 13 heavy (non-hydrogen) atoms. The highest BCUT2D eigenvalue weighted by atomic mass is 35.5. The van der Waals surface area contributed by atoms with Gasteiger partial charge in [0.2, 0.25) is 0 Å². The van der Waals surface area contributed by atoms with E-state index in [1.54, 1.807) is 6.07 Å². The first-order chi connectivity index (χ1) is 6.20. The number of rotatable bonds is 2. The van der Waals surface area contributed by atoms with Gasteiger partial charge in [0.25, 0.3) is 0 Å². The van der Waals surface area contributed by atoms with Crippen LogP contribution in [0.15, 0.2) is 6.07 Å². The molecule has 1 heterocycles. The van der Waals surface area contributed by atoms with Crippen molar-refractivity contribution in [2.75, 3.05) is 6.61 Å². The molecular weight excluding hydrogens is 188 g/mol. The van der Waals surface area contributed by atoms with Crippen LogP contribution in [0.1, 0.15) is 23.9 Å². The van der Waals surface area contributed by atoms with Crippen LogP contribution in [0.5, 0.6) is 0 Å². The molecule has 0 saturated heterocycles. The van der Waals surface area contributed by atoms with E-state index in [0.717, 1.165) is 12.1 Å². The van der Waals surface area contributed by atoms with E-state index in [9.17, 15) is 0 Å². The maximum Gasteiger partial charge on any atom is 0.133 e. The highest BCUT2D eigenvalue weighted by Gasteiger charge is 2.38. The predicted octanol–water partition coefficient (Wildman–Crippen LogP) is 1.53. The van der Waals surface area contributed by atoms with Crippen LogP contribution in [0.3, 0.4) is 0 Å². The van der Waals surface area contributed by atoms with Crippen molar-refractivity contribution < 1.29 is 5.11 Å². The minimum absolute atomic E-state index is 0.241. The fraction of sp³-hybridized carbons (Fsp3) is 0.556. The first kappa shape index (κ1) is 8.91. The summed E-state index contributed by atoms with van der Waals surface area (Å²) in [4.78, 5) is 8.27. The molecule has 1 aromatic heterocycles. The van der Waals surface area contributed by atoms with Crippen molar-refractivity contribution in [3.63, 3.8) is 0 Å². The van der Waals surface area contributed by atoms with Gasteiger partial charge in [0.05, 0.1) is 0 Å². The fourth-order valence-corrected chi connectivity index (χ4v) is 1.79. The summed E-state index contributed by atoms with van der Waals surface area (Å²) in [6.07, 6.45) is 1.02. The van der Waals surface area contributed by atoms with Gasteiger partial charge in [0, 0.05) is 18.2 Å². The highest BCUT2D eigenvalue weighted by molar-refractivity contribution is 6.29. The molecule has 1 N–H and O–H groups in total. The Morgan fingerprint density at radius 3 is 2.92 bits per heavy atom. The second-order valence-electron chi connectivity index (χ2n) is 3.45. The SMILES string of the molecule is Cc1nc(Cl)cc([C@@H]2C[C@H]2CO)n1. The summed E-state index contributed by atoms with van der Waals surface area (Å²) in [5.41, 5.74) is 0.969. The fourth-order valence-electron chi connectivity index (χ4n) is 1.55. The zero-order chi connectivity index (χ0) is 9.42. The average Bonchev–Trinajstić information content (AvgIpc) is 2.80. The van der Waals surface area contributed by atoms with Gasteiger partial charge < -0.3 is 5.11 Å². The van der Waals surface area contributed by atoms with E-state index >= 15 is 0 Å². The first-order valence-corrected chi connectivity index (χ1v) is 4.70. The van der Waals surface area contributed by atoms with Crippen LogP contribution in [0.25, 0.3) is 0 Å². The van der Waals surface area contributed by atoms with E-state index in [1.807, 2.05) is 6.92 Å². The number of hydrogen-bond acceptors (Lipinski definition) is 3. The third-order valence-corrected chi connectivity index (χ3v) is 2.56. The standard InChI is InChI=1S/C9H11ClN2O/c1-5-11-8(3-9(10)12-5)7-2-6(7)4-13/h3,6-7,13H,2,4H2,1H3/t6-,7+/m0/s1. The molecule has 1 aliphatic rings. The van der Waals surface area contributed by atoms with Crippen LogP contribution < -0.4 is 0 Å². The van der Waals surface area contributed by atoms with Crippen molar-refractivity contribution in [3.05, 3.63) is 22.7 Å². The Morgan fingerprint density at radius 2 is 2.38 bits per heavy atom. The number of aliphatic hydroxyl groups is 1.